The normalized spacial score (nSPS) is 16.9. The monoisotopic (exact) mass is 605 g/mol. The van der Waals surface area contributed by atoms with Crippen LogP contribution in [0.15, 0.2) is 60.1 Å². The summed E-state index contributed by atoms with van der Waals surface area (Å²) in [7, 11) is 0. The van der Waals surface area contributed by atoms with Crippen LogP contribution in [-0.2, 0) is 22.6 Å². The molecule has 5 heterocycles. The fourth-order valence-electron chi connectivity index (χ4n) is 4.97. The van der Waals surface area contributed by atoms with Crippen LogP contribution in [0.3, 0.4) is 0 Å². The quantitative estimate of drug-likeness (QED) is 0.233. The molecule has 2 fully saturated rings. The summed E-state index contributed by atoms with van der Waals surface area (Å²) >= 11 is 4.67. The molecule has 3 amide bonds. The summed E-state index contributed by atoms with van der Waals surface area (Å²) in [5, 5.41) is 12.9. The van der Waals surface area contributed by atoms with Crippen molar-refractivity contribution >= 4 is 56.7 Å². The van der Waals surface area contributed by atoms with Gasteiger partial charge in [0.25, 0.3) is 5.91 Å². The van der Waals surface area contributed by atoms with Gasteiger partial charge in [-0.05, 0) is 60.5 Å². The summed E-state index contributed by atoms with van der Waals surface area (Å²) < 4.78 is 0. The van der Waals surface area contributed by atoms with E-state index >= 15 is 0 Å². The minimum Gasteiger partial charge on any atom is -0.352 e. The molecular formula is C30H31N5O3S3. The summed E-state index contributed by atoms with van der Waals surface area (Å²) in [4.78, 5) is 46.9. The second-order valence-electron chi connectivity index (χ2n) is 10.3. The topological polar surface area (TPSA) is 103 Å². The Hall–Kier alpha value is -3.38. The molecule has 1 aromatic carbocycles. The standard InChI is InChI=1S/C30H31N5O3S3/c36-26(11-9-22-3-2-14-39-22)32-15-19-5-7-20(8-6-19)25-16-33-29(41-25)21-17-35(18-21)30(38)24-10-12-27(40-24)34-28(37)23-4-1-13-31-23/h2-3,5-8,10,12,14,16,21,23,31H,1,4,9,11,13,15,17-18H2,(H,32,36)(H,34,37)/t23-/m0/s1. The van der Waals surface area contributed by atoms with Crippen LogP contribution in [0.2, 0.25) is 0 Å². The van der Waals surface area contributed by atoms with Crippen LogP contribution in [-0.4, -0.2) is 53.3 Å². The number of carbonyl (C=O) groups is 3. The van der Waals surface area contributed by atoms with E-state index in [-0.39, 0.29) is 29.7 Å². The molecule has 6 rings (SSSR count). The van der Waals surface area contributed by atoms with E-state index in [1.807, 2.05) is 34.7 Å². The number of anilines is 1. The van der Waals surface area contributed by atoms with Crippen molar-refractivity contribution in [3.8, 4) is 10.4 Å². The molecular weight excluding hydrogens is 575 g/mol. The van der Waals surface area contributed by atoms with Crippen molar-refractivity contribution in [3.05, 3.63) is 80.4 Å². The molecule has 3 N–H and O–H groups in total. The fourth-order valence-corrected chi connectivity index (χ4v) is 7.56. The molecule has 2 aliphatic rings. The number of benzene rings is 1. The number of hydrogen-bond acceptors (Lipinski definition) is 8. The molecule has 212 valence electrons. The number of aryl methyl sites for hydroxylation is 1. The number of aromatic nitrogens is 1. The van der Waals surface area contributed by atoms with E-state index in [2.05, 4.69) is 39.1 Å². The Morgan fingerprint density at radius 3 is 2.66 bits per heavy atom. The van der Waals surface area contributed by atoms with Gasteiger partial charge < -0.3 is 20.9 Å². The van der Waals surface area contributed by atoms with E-state index in [1.54, 1.807) is 34.8 Å². The zero-order chi connectivity index (χ0) is 28.2. The van der Waals surface area contributed by atoms with E-state index in [9.17, 15) is 14.4 Å². The minimum atomic E-state index is -0.145. The van der Waals surface area contributed by atoms with Crippen molar-refractivity contribution in [3.63, 3.8) is 0 Å². The van der Waals surface area contributed by atoms with Crippen molar-refractivity contribution < 1.29 is 14.4 Å². The summed E-state index contributed by atoms with van der Waals surface area (Å²) in [6.07, 6.45) is 5.03. The largest absolute Gasteiger partial charge is 0.352 e. The van der Waals surface area contributed by atoms with E-state index in [4.69, 9.17) is 0 Å². The molecule has 0 saturated carbocycles. The summed E-state index contributed by atoms with van der Waals surface area (Å²) in [5.74, 6) is 0.255. The number of hydrogen-bond donors (Lipinski definition) is 3. The van der Waals surface area contributed by atoms with E-state index in [0.717, 1.165) is 46.8 Å². The van der Waals surface area contributed by atoms with Crippen LogP contribution >= 0.6 is 34.0 Å². The zero-order valence-corrected chi connectivity index (χ0v) is 24.9. The minimum absolute atomic E-state index is 0.00304. The van der Waals surface area contributed by atoms with E-state index in [0.29, 0.717) is 35.9 Å². The Morgan fingerprint density at radius 2 is 1.90 bits per heavy atom. The Morgan fingerprint density at radius 1 is 1.05 bits per heavy atom. The lowest BCUT2D eigenvalue weighted by Crippen LogP contribution is -2.48. The second kappa shape index (κ2) is 12.6. The Bertz CT molecular complexity index is 1500. The van der Waals surface area contributed by atoms with Crippen LogP contribution in [0.4, 0.5) is 5.00 Å². The van der Waals surface area contributed by atoms with Crippen molar-refractivity contribution in [2.75, 3.05) is 25.0 Å². The van der Waals surface area contributed by atoms with Gasteiger partial charge in [-0.15, -0.1) is 34.0 Å². The molecule has 41 heavy (non-hydrogen) atoms. The molecule has 4 aromatic rings. The first-order valence-electron chi connectivity index (χ1n) is 13.8. The first-order valence-corrected chi connectivity index (χ1v) is 16.3. The van der Waals surface area contributed by atoms with E-state index in [1.165, 1.54) is 16.2 Å². The molecule has 0 unspecified atom stereocenters. The van der Waals surface area contributed by atoms with Gasteiger partial charge in [0.1, 0.15) is 0 Å². The van der Waals surface area contributed by atoms with Gasteiger partial charge in [0.15, 0.2) is 0 Å². The van der Waals surface area contributed by atoms with E-state index < -0.39 is 0 Å². The Kier molecular flexibility index (Phi) is 8.56. The number of amides is 3. The number of thiophene rings is 2. The highest BCUT2D eigenvalue weighted by molar-refractivity contribution is 7.18. The Balaban J connectivity index is 0.960. The third kappa shape index (κ3) is 6.75. The highest BCUT2D eigenvalue weighted by atomic mass is 32.1. The molecule has 8 nitrogen and oxygen atoms in total. The third-order valence-corrected chi connectivity index (χ3v) is 10.5. The first-order chi connectivity index (χ1) is 20.0. The molecule has 11 heteroatoms. The predicted molar refractivity (Wildman–Crippen MR) is 165 cm³/mol. The molecule has 0 aliphatic carbocycles. The molecule has 2 saturated heterocycles. The van der Waals surface area contributed by atoms with Crippen LogP contribution in [0, 0.1) is 0 Å². The smallest absolute Gasteiger partial charge is 0.264 e. The summed E-state index contributed by atoms with van der Waals surface area (Å²) in [5.41, 5.74) is 2.15. The SMILES string of the molecule is O=C(CCc1cccs1)NCc1ccc(-c2cnc(C3CN(C(=O)c4ccc(NC(=O)[C@@H]5CCCN5)s4)C3)s2)cc1. The maximum absolute atomic E-state index is 13.0. The van der Waals surface area contributed by atoms with Crippen LogP contribution in [0.25, 0.3) is 10.4 Å². The number of nitrogens with one attached hydrogen (secondary N) is 3. The average molecular weight is 606 g/mol. The molecule has 0 radical (unpaired) electrons. The molecule has 3 aromatic heterocycles. The molecule has 0 spiro atoms. The summed E-state index contributed by atoms with van der Waals surface area (Å²) in [6.45, 7) is 2.66. The van der Waals surface area contributed by atoms with Crippen LogP contribution in [0.1, 0.15) is 50.3 Å². The summed E-state index contributed by atoms with van der Waals surface area (Å²) in [6, 6.07) is 15.7. The maximum atomic E-state index is 13.0. The van der Waals surface area contributed by atoms with Gasteiger partial charge in [0, 0.05) is 43.0 Å². The second-order valence-corrected chi connectivity index (χ2v) is 13.5. The molecule has 2 aliphatic heterocycles. The van der Waals surface area contributed by atoms with Crippen molar-refractivity contribution in [2.24, 2.45) is 0 Å². The third-order valence-electron chi connectivity index (χ3n) is 7.39. The number of carbonyl (C=O) groups excluding carboxylic acids is 3. The van der Waals surface area contributed by atoms with Gasteiger partial charge in [0.05, 0.1) is 25.8 Å². The lowest BCUT2D eigenvalue weighted by Gasteiger charge is -2.37. The lowest BCUT2D eigenvalue weighted by atomic mass is 10.0. The predicted octanol–water partition coefficient (Wildman–Crippen LogP) is 5.11. The number of nitrogens with zero attached hydrogens (tertiary/aromatic N) is 2. The average Bonchev–Trinajstić information content (AvgIpc) is 3.78. The van der Waals surface area contributed by atoms with Crippen LogP contribution in [0.5, 0.6) is 0 Å². The van der Waals surface area contributed by atoms with Crippen molar-refractivity contribution in [1.82, 2.24) is 20.5 Å². The van der Waals surface area contributed by atoms with Crippen molar-refractivity contribution in [2.45, 2.75) is 44.2 Å². The van der Waals surface area contributed by atoms with Gasteiger partial charge in [-0.2, -0.15) is 0 Å². The molecule has 1 atom stereocenters. The number of likely N-dealkylation sites (tertiary alicyclic amines) is 1. The van der Waals surface area contributed by atoms with Gasteiger partial charge in [-0.25, -0.2) is 4.98 Å². The maximum Gasteiger partial charge on any atom is 0.264 e. The van der Waals surface area contributed by atoms with Gasteiger partial charge in [0.2, 0.25) is 11.8 Å². The molecule has 0 bridgehead atoms. The lowest BCUT2D eigenvalue weighted by molar-refractivity contribution is -0.121. The number of thiazole rings is 1. The first kappa shape index (κ1) is 27.8. The van der Waals surface area contributed by atoms with Gasteiger partial charge >= 0.3 is 0 Å². The number of rotatable bonds is 10. The van der Waals surface area contributed by atoms with Crippen LogP contribution < -0.4 is 16.0 Å². The zero-order valence-electron chi connectivity index (χ0n) is 22.4. The van der Waals surface area contributed by atoms with Gasteiger partial charge in [-0.1, -0.05) is 30.3 Å². The van der Waals surface area contributed by atoms with Gasteiger partial charge in [-0.3, -0.25) is 14.4 Å². The highest BCUT2D eigenvalue weighted by Crippen LogP contribution is 2.36. The Labute approximate surface area is 250 Å². The van der Waals surface area contributed by atoms with Crippen molar-refractivity contribution in [1.29, 1.82) is 0 Å². The fraction of sp³-hybridized carbons (Fsp3) is 0.333. The highest BCUT2D eigenvalue weighted by Gasteiger charge is 2.35.